The Bertz CT molecular complexity index is 97.7. The first-order valence-corrected chi connectivity index (χ1v) is 4.21. The zero-order valence-corrected chi connectivity index (χ0v) is 15.5. The number of hydrogen-bond donors (Lipinski definition) is 1. The molecule has 0 aliphatic heterocycles. The van der Waals surface area contributed by atoms with Crippen LogP contribution >= 0.6 is 7.82 Å². The molecule has 9 heteroatoms. The molecule has 0 aliphatic rings. The standard InChI is InChI=1S/C4H10O.3Na.H3O4P/c1-2-3-4-5;;;;1-5(2,3)4/h5H,2-4H2,1H3;;;;(H3,1,2,3,4)/q;3*+1;/p-3. The molecule has 64 valence electrons. The van der Waals surface area contributed by atoms with Gasteiger partial charge in [0.05, 0.1) is 0 Å². The molecule has 0 aliphatic carbocycles. The van der Waals surface area contributed by atoms with Crippen LogP contribution in [0.5, 0.6) is 0 Å². The smallest absolute Gasteiger partial charge is 0.822 e. The van der Waals surface area contributed by atoms with Gasteiger partial charge in [0.2, 0.25) is 0 Å². The molecule has 5 nitrogen and oxygen atoms in total. The summed E-state index contributed by atoms with van der Waals surface area (Å²) in [4.78, 5) is 25.6. The molecule has 0 fully saturated rings. The van der Waals surface area contributed by atoms with Crippen LogP contribution in [-0.2, 0) is 4.57 Å². The summed E-state index contributed by atoms with van der Waals surface area (Å²) in [5.41, 5.74) is 0. The van der Waals surface area contributed by atoms with Crippen molar-refractivity contribution in [2.75, 3.05) is 6.61 Å². The van der Waals surface area contributed by atoms with Crippen LogP contribution in [0.1, 0.15) is 19.8 Å². The predicted molar refractivity (Wildman–Crippen MR) is 29.6 cm³/mol. The van der Waals surface area contributed by atoms with Crippen LogP contribution in [0.15, 0.2) is 0 Å². The zero-order chi connectivity index (χ0) is 8.62. The van der Waals surface area contributed by atoms with E-state index in [1.54, 1.807) is 0 Å². The summed E-state index contributed by atoms with van der Waals surface area (Å²) >= 11 is 0. The van der Waals surface area contributed by atoms with E-state index in [0.29, 0.717) is 6.61 Å². The number of hydrogen-bond acceptors (Lipinski definition) is 5. The van der Waals surface area contributed by atoms with Crippen LogP contribution in [0.25, 0.3) is 0 Å². The van der Waals surface area contributed by atoms with E-state index in [2.05, 4.69) is 6.92 Å². The third kappa shape index (κ3) is 100. The van der Waals surface area contributed by atoms with Crippen molar-refractivity contribution < 1.29 is 113 Å². The maximum absolute atomic E-state index is 8.55. The Balaban J connectivity index is -0.0000000267. The van der Waals surface area contributed by atoms with Gasteiger partial charge in [0.15, 0.2) is 0 Å². The quantitative estimate of drug-likeness (QED) is 0.379. The van der Waals surface area contributed by atoms with E-state index in [9.17, 15) is 0 Å². The fourth-order valence-corrected chi connectivity index (χ4v) is 0.158. The van der Waals surface area contributed by atoms with E-state index >= 15 is 0 Å². The summed E-state index contributed by atoms with van der Waals surface area (Å²) in [5, 5.41) is 8.07. The van der Waals surface area contributed by atoms with Gasteiger partial charge in [-0.15, -0.1) is 0 Å². The van der Waals surface area contributed by atoms with Gasteiger partial charge in [-0.2, -0.15) is 7.82 Å². The van der Waals surface area contributed by atoms with Gasteiger partial charge >= 0.3 is 88.7 Å². The molecule has 0 spiro atoms. The van der Waals surface area contributed by atoms with Crippen molar-refractivity contribution in [2.45, 2.75) is 19.8 Å². The normalized spacial score (nSPS) is 7.77. The van der Waals surface area contributed by atoms with Crippen molar-refractivity contribution >= 4 is 7.82 Å². The second kappa shape index (κ2) is 20.5. The van der Waals surface area contributed by atoms with Crippen LogP contribution in [0.4, 0.5) is 0 Å². The van der Waals surface area contributed by atoms with Crippen LogP contribution in [0, 0.1) is 0 Å². The second-order valence-corrected chi connectivity index (χ2v) is 2.42. The largest absolute Gasteiger partial charge is 1.00 e. The zero-order valence-electron chi connectivity index (χ0n) is 8.65. The molecule has 0 amide bonds. The average molecular weight is 238 g/mol. The Morgan fingerprint density at radius 1 is 1.15 bits per heavy atom. The molecule has 0 saturated heterocycles. The molecule has 0 atom stereocenters. The van der Waals surface area contributed by atoms with Crippen molar-refractivity contribution in [3.05, 3.63) is 0 Å². The van der Waals surface area contributed by atoms with Gasteiger partial charge < -0.3 is 24.4 Å². The van der Waals surface area contributed by atoms with Crippen LogP contribution in [0.3, 0.4) is 0 Å². The van der Waals surface area contributed by atoms with Gasteiger partial charge in [0.1, 0.15) is 0 Å². The van der Waals surface area contributed by atoms with Crippen LogP contribution in [0.2, 0.25) is 0 Å². The van der Waals surface area contributed by atoms with Crippen LogP contribution in [-0.4, -0.2) is 11.7 Å². The molecular weight excluding hydrogens is 228 g/mol. The predicted octanol–water partition coefficient (Wildman–Crippen LogP) is -11.0. The fourth-order valence-electron chi connectivity index (χ4n) is 0.158. The van der Waals surface area contributed by atoms with E-state index in [1.165, 1.54) is 0 Å². The van der Waals surface area contributed by atoms with E-state index in [4.69, 9.17) is 24.4 Å². The molecule has 13 heavy (non-hydrogen) atoms. The molecule has 0 aromatic carbocycles. The van der Waals surface area contributed by atoms with Crippen molar-refractivity contribution in [3.8, 4) is 0 Å². The van der Waals surface area contributed by atoms with Crippen molar-refractivity contribution in [1.82, 2.24) is 0 Å². The van der Waals surface area contributed by atoms with Gasteiger partial charge in [-0.25, -0.2) is 0 Å². The monoisotopic (exact) mass is 238 g/mol. The Labute approximate surface area is 145 Å². The minimum Gasteiger partial charge on any atom is -0.822 e. The first-order chi connectivity index (χ1) is 4.41. The molecule has 0 radical (unpaired) electrons. The summed E-state index contributed by atoms with van der Waals surface area (Å²) in [6.07, 6.45) is 2.04. The molecule has 0 bridgehead atoms. The topological polar surface area (TPSA) is 106 Å². The van der Waals surface area contributed by atoms with E-state index in [0.717, 1.165) is 12.8 Å². The maximum atomic E-state index is 8.55. The maximum Gasteiger partial charge on any atom is 1.00 e. The molecule has 0 aromatic rings. The fraction of sp³-hybridized carbons (Fsp3) is 1.00. The van der Waals surface area contributed by atoms with Gasteiger partial charge in [-0.3, -0.25) is 0 Å². The molecule has 0 aromatic heterocycles. The van der Waals surface area contributed by atoms with Crippen molar-refractivity contribution in [1.29, 1.82) is 0 Å². The first kappa shape index (κ1) is 29.8. The summed E-state index contributed by atoms with van der Waals surface area (Å²) in [5.74, 6) is 0. The Kier molecular flexibility index (Phi) is 46.9. The number of aliphatic hydroxyl groups is 1. The minimum absolute atomic E-state index is 0. The van der Waals surface area contributed by atoms with Crippen LogP contribution < -0.4 is 103 Å². The van der Waals surface area contributed by atoms with E-state index in [-0.39, 0.29) is 88.7 Å². The summed E-state index contributed by atoms with van der Waals surface area (Å²) < 4.78 is 8.55. The van der Waals surface area contributed by atoms with Crippen molar-refractivity contribution in [2.24, 2.45) is 0 Å². The first-order valence-electron chi connectivity index (χ1n) is 2.75. The Morgan fingerprint density at radius 3 is 1.38 bits per heavy atom. The molecule has 0 saturated carbocycles. The van der Waals surface area contributed by atoms with Gasteiger partial charge in [-0.1, -0.05) is 13.3 Å². The Hall–Kier alpha value is 3.07. The number of unbranched alkanes of at least 4 members (excludes halogenated alkanes) is 1. The third-order valence-corrected chi connectivity index (χ3v) is 0.512. The number of rotatable bonds is 2. The summed E-state index contributed by atoms with van der Waals surface area (Å²) in [6.45, 7) is 2.40. The molecule has 0 heterocycles. The molecule has 0 rings (SSSR count). The average Bonchev–Trinajstić information content (AvgIpc) is 1.63. The molecule has 1 N–H and O–H groups in total. The van der Waals surface area contributed by atoms with Gasteiger partial charge in [0, 0.05) is 6.61 Å². The summed E-state index contributed by atoms with van der Waals surface area (Å²) in [7, 11) is -5.39. The summed E-state index contributed by atoms with van der Waals surface area (Å²) in [6, 6.07) is 0. The minimum atomic E-state index is -5.39. The SMILES string of the molecule is CCCCO.O=P([O-])([O-])[O-].[Na+].[Na+].[Na+]. The molecule has 0 unspecified atom stereocenters. The number of phosphoric acid groups is 1. The van der Waals surface area contributed by atoms with E-state index in [1.807, 2.05) is 0 Å². The molecular formula is C4H10Na3O5P. The van der Waals surface area contributed by atoms with Crippen molar-refractivity contribution in [3.63, 3.8) is 0 Å². The second-order valence-electron chi connectivity index (χ2n) is 1.52. The number of aliphatic hydroxyl groups excluding tert-OH is 1. The van der Waals surface area contributed by atoms with Gasteiger partial charge in [-0.05, 0) is 6.42 Å². The van der Waals surface area contributed by atoms with Gasteiger partial charge in [0.25, 0.3) is 0 Å². The Morgan fingerprint density at radius 2 is 1.38 bits per heavy atom. The third-order valence-electron chi connectivity index (χ3n) is 0.512. The van der Waals surface area contributed by atoms with E-state index < -0.39 is 7.82 Å².